The molecule has 0 aliphatic heterocycles. The lowest BCUT2D eigenvalue weighted by Crippen LogP contribution is -2.38. The van der Waals surface area contributed by atoms with Gasteiger partial charge in [0.1, 0.15) is 0 Å². The van der Waals surface area contributed by atoms with Crippen molar-refractivity contribution in [2.24, 2.45) is 11.8 Å². The van der Waals surface area contributed by atoms with Gasteiger partial charge in [-0.1, -0.05) is 38.7 Å². The van der Waals surface area contributed by atoms with Crippen LogP contribution in [-0.2, 0) is 0 Å². The normalized spacial score (nSPS) is 29.9. The Bertz CT molecular complexity index is 165. The van der Waals surface area contributed by atoms with E-state index in [2.05, 4.69) is 31.9 Å². The molecule has 3 unspecified atom stereocenters. The van der Waals surface area contributed by atoms with Crippen molar-refractivity contribution in [3.63, 3.8) is 0 Å². The van der Waals surface area contributed by atoms with Crippen molar-refractivity contribution in [1.82, 2.24) is 5.32 Å². The van der Waals surface area contributed by atoms with E-state index in [1.807, 2.05) is 0 Å². The second-order valence-corrected chi connectivity index (χ2v) is 4.54. The van der Waals surface area contributed by atoms with Crippen LogP contribution in [0.15, 0.2) is 12.7 Å². The highest BCUT2D eigenvalue weighted by atomic mass is 14.9. The van der Waals surface area contributed by atoms with Crippen LogP contribution >= 0.6 is 0 Å². The Morgan fingerprint density at radius 2 is 2.14 bits per heavy atom. The predicted octanol–water partition coefficient (Wildman–Crippen LogP) is 3.37. The summed E-state index contributed by atoms with van der Waals surface area (Å²) in [5.74, 6) is 1.83. The summed E-state index contributed by atoms with van der Waals surface area (Å²) in [5.41, 5.74) is 0. The van der Waals surface area contributed by atoms with Crippen molar-refractivity contribution in [1.29, 1.82) is 0 Å². The molecule has 1 heteroatoms. The molecule has 0 bridgehead atoms. The van der Waals surface area contributed by atoms with Crippen molar-refractivity contribution >= 4 is 0 Å². The molecule has 0 spiro atoms. The van der Waals surface area contributed by atoms with Crippen molar-refractivity contribution in [3.8, 4) is 0 Å². The zero-order valence-corrected chi connectivity index (χ0v) is 9.76. The van der Waals surface area contributed by atoms with Gasteiger partial charge in [-0.3, -0.25) is 0 Å². The maximum atomic E-state index is 3.85. The van der Waals surface area contributed by atoms with Crippen LogP contribution in [0.4, 0.5) is 0 Å². The molecule has 0 heterocycles. The molecule has 0 aromatic carbocycles. The van der Waals surface area contributed by atoms with Crippen LogP contribution in [0.2, 0.25) is 0 Å². The van der Waals surface area contributed by atoms with Crippen LogP contribution in [0.3, 0.4) is 0 Å². The quantitative estimate of drug-likeness (QED) is 0.663. The highest BCUT2D eigenvalue weighted by Gasteiger charge is 2.28. The van der Waals surface area contributed by atoms with Crippen LogP contribution in [0.1, 0.15) is 45.4 Å². The zero-order chi connectivity index (χ0) is 10.4. The molecule has 1 rings (SSSR count). The Hall–Kier alpha value is -0.300. The second kappa shape index (κ2) is 6.23. The van der Waals surface area contributed by atoms with Gasteiger partial charge in [-0.25, -0.2) is 0 Å². The zero-order valence-electron chi connectivity index (χ0n) is 9.76. The minimum absolute atomic E-state index is 0.665. The fraction of sp³-hybridized carbons (Fsp3) is 0.846. The van der Waals surface area contributed by atoms with Crippen molar-refractivity contribution in [3.05, 3.63) is 12.7 Å². The van der Waals surface area contributed by atoms with Crippen molar-refractivity contribution in [2.45, 2.75) is 51.5 Å². The minimum atomic E-state index is 0.665. The molecule has 0 amide bonds. The highest BCUT2D eigenvalue weighted by molar-refractivity contribution is 4.88. The molecule has 1 saturated carbocycles. The lowest BCUT2D eigenvalue weighted by molar-refractivity contribution is 0.180. The third kappa shape index (κ3) is 2.84. The average molecular weight is 195 g/mol. The Morgan fingerprint density at radius 1 is 1.43 bits per heavy atom. The fourth-order valence-electron chi connectivity index (χ4n) is 2.96. The van der Waals surface area contributed by atoms with E-state index in [0.717, 1.165) is 18.3 Å². The first-order valence-electron chi connectivity index (χ1n) is 6.11. The van der Waals surface area contributed by atoms with Gasteiger partial charge in [-0.15, -0.1) is 6.58 Å². The Balaban J connectivity index is 2.55. The average Bonchev–Trinajstić information content (AvgIpc) is 2.26. The van der Waals surface area contributed by atoms with Gasteiger partial charge in [0.15, 0.2) is 0 Å². The Morgan fingerprint density at radius 3 is 2.71 bits per heavy atom. The van der Waals surface area contributed by atoms with Crippen LogP contribution in [0.5, 0.6) is 0 Å². The summed E-state index contributed by atoms with van der Waals surface area (Å²) in [6, 6.07) is 0.665. The number of hydrogen-bond donors (Lipinski definition) is 1. The van der Waals surface area contributed by atoms with Gasteiger partial charge in [0.25, 0.3) is 0 Å². The SMILES string of the molecule is C=CCC(NC)C1CCCCC1CC. The van der Waals surface area contributed by atoms with Gasteiger partial charge in [0.05, 0.1) is 0 Å². The van der Waals surface area contributed by atoms with E-state index in [-0.39, 0.29) is 0 Å². The summed E-state index contributed by atoms with van der Waals surface area (Å²) in [4.78, 5) is 0. The molecule has 0 aromatic rings. The summed E-state index contributed by atoms with van der Waals surface area (Å²) >= 11 is 0. The minimum Gasteiger partial charge on any atom is -0.316 e. The first kappa shape index (κ1) is 11.8. The lowest BCUT2D eigenvalue weighted by Gasteiger charge is -2.36. The molecule has 14 heavy (non-hydrogen) atoms. The Kier molecular flexibility index (Phi) is 5.24. The van der Waals surface area contributed by atoms with Crippen LogP contribution in [-0.4, -0.2) is 13.1 Å². The molecule has 1 nitrogen and oxygen atoms in total. The first-order chi connectivity index (χ1) is 6.83. The van der Waals surface area contributed by atoms with Crippen LogP contribution in [0, 0.1) is 11.8 Å². The fourth-order valence-corrected chi connectivity index (χ4v) is 2.96. The molecule has 0 aromatic heterocycles. The largest absolute Gasteiger partial charge is 0.316 e. The van der Waals surface area contributed by atoms with Gasteiger partial charge in [0.2, 0.25) is 0 Å². The van der Waals surface area contributed by atoms with E-state index in [1.54, 1.807) is 0 Å². The molecular weight excluding hydrogens is 170 g/mol. The molecule has 1 aliphatic carbocycles. The van der Waals surface area contributed by atoms with E-state index < -0.39 is 0 Å². The maximum absolute atomic E-state index is 3.85. The van der Waals surface area contributed by atoms with E-state index in [0.29, 0.717) is 6.04 Å². The molecule has 0 radical (unpaired) electrons. The van der Waals surface area contributed by atoms with E-state index >= 15 is 0 Å². The number of hydrogen-bond acceptors (Lipinski definition) is 1. The van der Waals surface area contributed by atoms with E-state index in [4.69, 9.17) is 0 Å². The first-order valence-corrected chi connectivity index (χ1v) is 6.11. The van der Waals surface area contributed by atoms with Gasteiger partial charge in [-0.05, 0) is 31.7 Å². The molecular formula is C13H25N. The van der Waals surface area contributed by atoms with Crippen LogP contribution in [0.25, 0.3) is 0 Å². The summed E-state index contributed by atoms with van der Waals surface area (Å²) in [7, 11) is 2.09. The summed E-state index contributed by atoms with van der Waals surface area (Å²) in [6.45, 7) is 6.19. The van der Waals surface area contributed by atoms with Crippen LogP contribution < -0.4 is 5.32 Å². The Labute approximate surface area is 89.0 Å². The van der Waals surface area contributed by atoms with Crippen molar-refractivity contribution in [2.75, 3.05) is 7.05 Å². The van der Waals surface area contributed by atoms with Gasteiger partial charge in [0, 0.05) is 6.04 Å². The van der Waals surface area contributed by atoms with Gasteiger partial charge < -0.3 is 5.32 Å². The van der Waals surface area contributed by atoms with Gasteiger partial charge in [-0.2, -0.15) is 0 Å². The highest BCUT2D eigenvalue weighted by Crippen LogP contribution is 2.35. The summed E-state index contributed by atoms with van der Waals surface area (Å²) in [5, 5.41) is 3.47. The van der Waals surface area contributed by atoms with Crippen molar-refractivity contribution < 1.29 is 0 Å². The predicted molar refractivity (Wildman–Crippen MR) is 63.4 cm³/mol. The molecule has 0 saturated heterocycles. The number of rotatable bonds is 5. The molecule has 82 valence electrons. The monoisotopic (exact) mass is 195 g/mol. The van der Waals surface area contributed by atoms with E-state index in [9.17, 15) is 0 Å². The molecule has 1 fully saturated rings. The molecule has 1 N–H and O–H groups in total. The maximum Gasteiger partial charge on any atom is 0.0129 e. The molecule has 3 atom stereocenters. The molecule has 1 aliphatic rings. The smallest absolute Gasteiger partial charge is 0.0129 e. The topological polar surface area (TPSA) is 12.0 Å². The third-order valence-corrected chi connectivity index (χ3v) is 3.80. The van der Waals surface area contributed by atoms with Gasteiger partial charge >= 0.3 is 0 Å². The standard InChI is InChI=1S/C13H25N/c1-4-8-13(14-3)12-10-7-6-9-11(12)5-2/h4,11-14H,1,5-10H2,2-3H3. The summed E-state index contributed by atoms with van der Waals surface area (Å²) in [6.07, 6.45) is 10.3. The lowest BCUT2D eigenvalue weighted by atomic mass is 9.73. The van der Waals surface area contributed by atoms with E-state index in [1.165, 1.54) is 32.1 Å². The second-order valence-electron chi connectivity index (χ2n) is 4.54. The number of nitrogens with one attached hydrogen (secondary N) is 1. The third-order valence-electron chi connectivity index (χ3n) is 3.80. The summed E-state index contributed by atoms with van der Waals surface area (Å²) < 4.78 is 0.